The summed E-state index contributed by atoms with van der Waals surface area (Å²) in [6.45, 7) is 2.15. The first-order valence-electron chi connectivity index (χ1n) is 11.1. The number of aryl methyl sites for hydroxylation is 1. The highest BCUT2D eigenvalue weighted by Gasteiger charge is 2.31. The number of hydrogen-bond donors (Lipinski definition) is 0. The molecule has 0 saturated carbocycles. The minimum Gasteiger partial charge on any atom is -0.406 e. The molecule has 4 aromatic rings. The zero-order valence-electron chi connectivity index (χ0n) is 18.6. The first kappa shape index (κ1) is 23.7. The molecule has 0 aliphatic rings. The maximum atomic E-state index is 15.0. The van der Waals surface area contributed by atoms with Crippen LogP contribution in [0.1, 0.15) is 31.7 Å². The Bertz CT molecular complexity index is 1270. The number of fused-ring (bicyclic) bond motifs is 1. The largest absolute Gasteiger partial charge is 0.573 e. The molecule has 0 atom stereocenters. The van der Waals surface area contributed by atoms with Crippen LogP contribution in [0.2, 0.25) is 0 Å². The summed E-state index contributed by atoms with van der Waals surface area (Å²) in [6, 6.07) is 18.6. The predicted octanol–water partition coefficient (Wildman–Crippen LogP) is 9.08. The van der Waals surface area contributed by atoms with Crippen molar-refractivity contribution in [3.8, 4) is 28.0 Å². The van der Waals surface area contributed by atoms with Crippen LogP contribution in [0.3, 0.4) is 0 Å². The van der Waals surface area contributed by atoms with E-state index in [4.69, 9.17) is 0 Å². The first-order valence-corrected chi connectivity index (χ1v) is 11.1. The van der Waals surface area contributed by atoms with Gasteiger partial charge in [-0.15, -0.1) is 13.2 Å². The van der Waals surface area contributed by atoms with Crippen LogP contribution in [0, 0.1) is 11.6 Å². The van der Waals surface area contributed by atoms with Gasteiger partial charge in [0.05, 0.1) is 5.56 Å². The van der Waals surface area contributed by atoms with Gasteiger partial charge in [0, 0.05) is 0 Å². The first-order chi connectivity index (χ1) is 16.2. The Kier molecular flexibility index (Phi) is 6.87. The van der Waals surface area contributed by atoms with E-state index in [2.05, 4.69) is 11.7 Å². The van der Waals surface area contributed by atoms with Gasteiger partial charge in [0.1, 0.15) is 17.4 Å². The third kappa shape index (κ3) is 5.56. The zero-order chi connectivity index (χ0) is 24.3. The highest BCUT2D eigenvalue weighted by Crippen LogP contribution is 2.34. The van der Waals surface area contributed by atoms with E-state index < -0.39 is 18.0 Å². The van der Waals surface area contributed by atoms with Crippen LogP contribution in [0.15, 0.2) is 72.8 Å². The molecular formula is C28H23F5O. The Morgan fingerprint density at radius 1 is 0.676 bits per heavy atom. The Labute approximate surface area is 194 Å². The second-order valence-corrected chi connectivity index (χ2v) is 8.24. The summed E-state index contributed by atoms with van der Waals surface area (Å²) in [5.74, 6) is -1.78. The predicted molar refractivity (Wildman–Crippen MR) is 125 cm³/mol. The molecule has 0 unspecified atom stereocenters. The van der Waals surface area contributed by atoms with Gasteiger partial charge in [0.15, 0.2) is 0 Å². The number of halogens is 5. The standard InChI is InChI=1S/C28H23F5O/c1-2-3-4-5-18-6-8-19(9-7-18)23-16-25(29)27(26(30)17-23)22-11-10-21-15-24(34-28(31,32)33)13-12-20(21)14-22/h6-17H,2-5H2,1H3. The molecule has 0 heterocycles. The van der Waals surface area contributed by atoms with Gasteiger partial charge < -0.3 is 4.74 Å². The Morgan fingerprint density at radius 3 is 1.94 bits per heavy atom. The Morgan fingerprint density at radius 2 is 1.29 bits per heavy atom. The number of hydrogen-bond acceptors (Lipinski definition) is 1. The molecule has 0 radical (unpaired) electrons. The number of unbranched alkanes of at least 4 members (excludes halogenated alkanes) is 2. The topological polar surface area (TPSA) is 9.23 Å². The van der Waals surface area contributed by atoms with Crippen molar-refractivity contribution >= 4 is 10.8 Å². The molecule has 176 valence electrons. The van der Waals surface area contributed by atoms with Gasteiger partial charge in [-0.1, -0.05) is 62.2 Å². The summed E-state index contributed by atoms with van der Waals surface area (Å²) in [5, 5.41) is 0.996. The maximum absolute atomic E-state index is 15.0. The molecule has 6 heteroatoms. The Balaban J connectivity index is 1.61. The van der Waals surface area contributed by atoms with E-state index in [1.165, 1.54) is 48.0 Å². The third-order valence-corrected chi connectivity index (χ3v) is 5.73. The minimum absolute atomic E-state index is 0.183. The SMILES string of the molecule is CCCCCc1ccc(-c2cc(F)c(-c3ccc4cc(OC(F)(F)F)ccc4c3)c(F)c2)cc1. The Hall–Kier alpha value is -3.41. The van der Waals surface area contributed by atoms with Gasteiger partial charge in [-0.2, -0.15) is 0 Å². The van der Waals surface area contributed by atoms with Gasteiger partial charge in [0.25, 0.3) is 0 Å². The van der Waals surface area contributed by atoms with Crippen LogP contribution < -0.4 is 4.74 Å². The fourth-order valence-corrected chi connectivity index (χ4v) is 4.04. The van der Waals surface area contributed by atoms with E-state index in [0.717, 1.165) is 31.2 Å². The summed E-state index contributed by atoms with van der Waals surface area (Å²) in [6.07, 6.45) is -0.403. The lowest BCUT2D eigenvalue weighted by Crippen LogP contribution is -2.16. The van der Waals surface area contributed by atoms with E-state index in [-0.39, 0.29) is 11.3 Å². The molecule has 0 saturated heterocycles. The van der Waals surface area contributed by atoms with E-state index in [1.54, 1.807) is 6.07 Å². The molecule has 4 rings (SSSR count). The van der Waals surface area contributed by atoms with Crippen molar-refractivity contribution < 1.29 is 26.7 Å². The van der Waals surface area contributed by atoms with Crippen molar-refractivity contribution in [2.24, 2.45) is 0 Å². The molecule has 0 aliphatic carbocycles. The smallest absolute Gasteiger partial charge is 0.406 e. The van der Waals surface area contributed by atoms with E-state index in [1.807, 2.05) is 24.3 Å². The van der Waals surface area contributed by atoms with E-state index in [0.29, 0.717) is 21.9 Å². The van der Waals surface area contributed by atoms with Crippen molar-refractivity contribution in [2.45, 2.75) is 39.0 Å². The molecule has 0 N–H and O–H groups in total. The van der Waals surface area contributed by atoms with Crippen molar-refractivity contribution in [1.82, 2.24) is 0 Å². The highest BCUT2D eigenvalue weighted by atomic mass is 19.4. The lowest BCUT2D eigenvalue weighted by Gasteiger charge is -2.12. The average molecular weight is 470 g/mol. The molecule has 0 spiro atoms. The minimum atomic E-state index is -4.79. The molecule has 0 aromatic heterocycles. The van der Waals surface area contributed by atoms with Crippen molar-refractivity contribution in [1.29, 1.82) is 0 Å². The highest BCUT2D eigenvalue weighted by molar-refractivity contribution is 5.89. The van der Waals surface area contributed by atoms with Crippen LogP contribution in [0.5, 0.6) is 5.75 Å². The van der Waals surface area contributed by atoms with Crippen LogP contribution in [-0.2, 0) is 6.42 Å². The van der Waals surface area contributed by atoms with Gasteiger partial charge >= 0.3 is 6.36 Å². The molecule has 4 aromatic carbocycles. The second kappa shape index (κ2) is 9.84. The molecule has 0 bridgehead atoms. The summed E-state index contributed by atoms with van der Waals surface area (Å²) in [4.78, 5) is 0. The van der Waals surface area contributed by atoms with Gasteiger partial charge in [-0.3, -0.25) is 0 Å². The maximum Gasteiger partial charge on any atom is 0.573 e. The number of alkyl halides is 3. The monoisotopic (exact) mass is 470 g/mol. The second-order valence-electron chi connectivity index (χ2n) is 8.24. The lowest BCUT2D eigenvalue weighted by molar-refractivity contribution is -0.274. The van der Waals surface area contributed by atoms with Gasteiger partial charge in [0.2, 0.25) is 0 Å². The van der Waals surface area contributed by atoms with Crippen molar-refractivity contribution in [3.63, 3.8) is 0 Å². The van der Waals surface area contributed by atoms with E-state index >= 15 is 8.78 Å². The van der Waals surface area contributed by atoms with Crippen molar-refractivity contribution in [2.75, 3.05) is 0 Å². The van der Waals surface area contributed by atoms with Crippen LogP contribution in [-0.4, -0.2) is 6.36 Å². The molecular weight excluding hydrogens is 447 g/mol. The molecule has 34 heavy (non-hydrogen) atoms. The number of benzene rings is 4. The van der Waals surface area contributed by atoms with Crippen molar-refractivity contribution in [3.05, 3.63) is 90.0 Å². The molecule has 0 amide bonds. The summed E-state index contributed by atoms with van der Waals surface area (Å²) in [5.41, 5.74) is 2.46. The van der Waals surface area contributed by atoms with Crippen LogP contribution in [0.25, 0.3) is 33.0 Å². The average Bonchev–Trinajstić information content (AvgIpc) is 2.78. The normalized spacial score (nSPS) is 11.7. The molecule has 0 fully saturated rings. The van der Waals surface area contributed by atoms with Gasteiger partial charge in [-0.25, -0.2) is 8.78 Å². The number of rotatable bonds is 7. The summed E-state index contributed by atoms with van der Waals surface area (Å²) >= 11 is 0. The molecule has 1 nitrogen and oxygen atoms in total. The third-order valence-electron chi connectivity index (χ3n) is 5.73. The van der Waals surface area contributed by atoms with Crippen LogP contribution in [0.4, 0.5) is 22.0 Å². The number of ether oxygens (including phenoxy) is 1. The lowest BCUT2D eigenvalue weighted by atomic mass is 9.96. The fourth-order valence-electron chi connectivity index (χ4n) is 4.04. The zero-order valence-corrected chi connectivity index (χ0v) is 18.6. The van der Waals surface area contributed by atoms with Crippen LogP contribution >= 0.6 is 0 Å². The van der Waals surface area contributed by atoms with Gasteiger partial charge in [-0.05, 0) is 76.2 Å². The summed E-state index contributed by atoms with van der Waals surface area (Å²) < 4.78 is 71.3. The van der Waals surface area contributed by atoms with E-state index in [9.17, 15) is 13.2 Å². The molecule has 0 aliphatic heterocycles. The quantitative estimate of drug-likeness (QED) is 0.193. The summed E-state index contributed by atoms with van der Waals surface area (Å²) in [7, 11) is 0. The fraction of sp³-hybridized carbons (Fsp3) is 0.214.